The Balaban J connectivity index is 1.28. The highest BCUT2D eigenvalue weighted by Gasteiger charge is 2.33. The van der Waals surface area contributed by atoms with Gasteiger partial charge in [-0.3, -0.25) is 14.7 Å². The van der Waals surface area contributed by atoms with Crippen LogP contribution in [0.5, 0.6) is 0 Å². The number of rotatable bonds is 3. The predicted octanol–water partition coefficient (Wildman–Crippen LogP) is 4.40. The Morgan fingerprint density at radius 3 is 2.43 bits per heavy atom. The number of primary amides is 1. The standard InChI is InChI=1S/C26H29BrClN5O2/c27-20-14-19-2-1-18-15-21(28)3-4-22(18)25(24(19)30-16-20)32-11-9-31(10-12-32)23(34)13-17-5-7-33(8-6-17)26(29)35/h1-4,14-17,25H,5-13H2,(H2,29,35). The Morgan fingerprint density at radius 1 is 1.00 bits per heavy atom. The minimum atomic E-state index is -0.369. The van der Waals surface area contributed by atoms with E-state index in [2.05, 4.69) is 45.1 Å². The molecule has 3 aliphatic rings. The molecule has 1 atom stereocenters. The average molecular weight is 559 g/mol. The minimum Gasteiger partial charge on any atom is -0.351 e. The largest absolute Gasteiger partial charge is 0.351 e. The highest BCUT2D eigenvalue weighted by Crippen LogP contribution is 2.38. The van der Waals surface area contributed by atoms with Gasteiger partial charge in [0.15, 0.2) is 0 Å². The zero-order valence-corrected chi connectivity index (χ0v) is 21.8. The first-order valence-corrected chi connectivity index (χ1v) is 13.3. The molecular formula is C26H29BrClN5O2. The number of pyridine rings is 1. The number of carbonyl (C=O) groups excluding carboxylic acids is 2. The molecule has 184 valence electrons. The number of carbonyl (C=O) groups is 2. The second kappa shape index (κ2) is 10.3. The number of fused-ring (bicyclic) bond motifs is 2. The third kappa shape index (κ3) is 5.25. The van der Waals surface area contributed by atoms with E-state index in [-0.39, 0.29) is 18.0 Å². The third-order valence-corrected chi connectivity index (χ3v) is 8.05. The van der Waals surface area contributed by atoms with Gasteiger partial charge in [0.25, 0.3) is 0 Å². The van der Waals surface area contributed by atoms with E-state index in [0.29, 0.717) is 43.5 Å². The fourth-order valence-corrected chi connectivity index (χ4v) is 5.96. The molecule has 0 radical (unpaired) electrons. The average Bonchev–Trinajstić information content (AvgIpc) is 3.00. The zero-order valence-electron chi connectivity index (χ0n) is 19.5. The summed E-state index contributed by atoms with van der Waals surface area (Å²) in [6, 6.07) is 7.77. The number of nitrogens with zero attached hydrogens (tertiary/aromatic N) is 4. The Labute approximate surface area is 219 Å². The van der Waals surface area contributed by atoms with E-state index in [1.54, 1.807) is 4.90 Å². The summed E-state index contributed by atoms with van der Waals surface area (Å²) in [5.74, 6) is 0.523. The van der Waals surface area contributed by atoms with Crippen LogP contribution < -0.4 is 5.73 Å². The molecule has 0 bridgehead atoms. The molecule has 1 aromatic heterocycles. The first-order chi connectivity index (χ1) is 16.9. The number of hydrogen-bond acceptors (Lipinski definition) is 4. The number of amides is 3. The highest BCUT2D eigenvalue weighted by atomic mass is 79.9. The topological polar surface area (TPSA) is 82.8 Å². The summed E-state index contributed by atoms with van der Waals surface area (Å²) in [5.41, 5.74) is 9.76. The van der Waals surface area contributed by atoms with Crippen molar-refractivity contribution in [3.8, 4) is 0 Å². The van der Waals surface area contributed by atoms with Gasteiger partial charge < -0.3 is 15.5 Å². The van der Waals surface area contributed by atoms with Crippen molar-refractivity contribution < 1.29 is 9.59 Å². The van der Waals surface area contributed by atoms with Crippen molar-refractivity contribution in [2.24, 2.45) is 11.7 Å². The van der Waals surface area contributed by atoms with Crippen molar-refractivity contribution in [2.75, 3.05) is 39.3 Å². The smallest absolute Gasteiger partial charge is 0.314 e. The molecule has 1 aliphatic carbocycles. The maximum atomic E-state index is 13.1. The summed E-state index contributed by atoms with van der Waals surface area (Å²) in [4.78, 5) is 35.3. The van der Waals surface area contributed by atoms with Gasteiger partial charge >= 0.3 is 6.03 Å². The van der Waals surface area contributed by atoms with Gasteiger partial charge in [0.05, 0.1) is 11.7 Å². The Kier molecular flexibility index (Phi) is 7.14. The lowest BCUT2D eigenvalue weighted by atomic mass is 9.93. The molecule has 9 heteroatoms. The number of aromatic nitrogens is 1. The van der Waals surface area contributed by atoms with Crippen LogP contribution >= 0.6 is 27.5 Å². The Bertz CT molecular complexity index is 1100. The van der Waals surface area contributed by atoms with Gasteiger partial charge in [-0.25, -0.2) is 4.79 Å². The maximum absolute atomic E-state index is 13.1. The van der Waals surface area contributed by atoms with Crippen molar-refractivity contribution >= 4 is 51.6 Å². The van der Waals surface area contributed by atoms with Crippen LogP contribution in [0.3, 0.4) is 0 Å². The molecule has 5 rings (SSSR count). The number of benzene rings is 1. The van der Waals surface area contributed by atoms with Gasteiger partial charge in [-0.2, -0.15) is 0 Å². The first kappa shape index (κ1) is 24.3. The lowest BCUT2D eigenvalue weighted by Gasteiger charge is -2.40. The summed E-state index contributed by atoms with van der Waals surface area (Å²) in [6.07, 6.45) is 8.27. The van der Waals surface area contributed by atoms with Crippen molar-refractivity contribution in [3.05, 3.63) is 62.3 Å². The molecule has 2 aromatic rings. The van der Waals surface area contributed by atoms with Crippen LogP contribution in [0.2, 0.25) is 5.02 Å². The van der Waals surface area contributed by atoms with Crippen molar-refractivity contribution in [2.45, 2.75) is 25.3 Å². The van der Waals surface area contributed by atoms with E-state index in [0.717, 1.165) is 47.2 Å². The van der Waals surface area contributed by atoms with E-state index >= 15 is 0 Å². The maximum Gasteiger partial charge on any atom is 0.314 e. The lowest BCUT2D eigenvalue weighted by molar-refractivity contribution is -0.134. The number of likely N-dealkylation sites (tertiary alicyclic amines) is 1. The summed E-state index contributed by atoms with van der Waals surface area (Å²) in [6.45, 7) is 4.21. The van der Waals surface area contributed by atoms with E-state index in [1.165, 1.54) is 5.56 Å². The molecule has 35 heavy (non-hydrogen) atoms. The van der Waals surface area contributed by atoms with Crippen LogP contribution in [-0.4, -0.2) is 70.9 Å². The number of piperazine rings is 1. The second-order valence-electron chi connectivity index (χ2n) is 9.53. The van der Waals surface area contributed by atoms with Crippen LogP contribution in [0.4, 0.5) is 4.79 Å². The molecule has 3 heterocycles. The number of hydrogen-bond donors (Lipinski definition) is 1. The SMILES string of the molecule is NC(=O)N1CCC(CC(=O)N2CCN(C3c4ccc(Cl)cc4C=Cc4cc(Br)cnc43)CC2)CC1. The van der Waals surface area contributed by atoms with Crippen LogP contribution in [0.1, 0.15) is 47.7 Å². The normalized spacial score (nSPS) is 20.8. The lowest BCUT2D eigenvalue weighted by Crippen LogP contribution is -2.50. The van der Waals surface area contributed by atoms with Crippen LogP contribution in [0, 0.1) is 5.92 Å². The molecule has 1 unspecified atom stereocenters. The fraction of sp³-hybridized carbons (Fsp3) is 0.423. The van der Waals surface area contributed by atoms with Crippen LogP contribution in [-0.2, 0) is 4.79 Å². The van der Waals surface area contributed by atoms with Gasteiger partial charge in [0.2, 0.25) is 5.91 Å². The first-order valence-electron chi connectivity index (χ1n) is 12.1. The summed E-state index contributed by atoms with van der Waals surface area (Å²) >= 11 is 9.87. The van der Waals surface area contributed by atoms with Crippen molar-refractivity contribution in [1.29, 1.82) is 0 Å². The quantitative estimate of drug-likeness (QED) is 0.606. The summed E-state index contributed by atoms with van der Waals surface area (Å²) in [5, 5.41) is 0.712. The molecule has 0 spiro atoms. The van der Waals surface area contributed by atoms with E-state index in [4.69, 9.17) is 22.3 Å². The third-order valence-electron chi connectivity index (χ3n) is 7.38. The molecule has 7 nitrogen and oxygen atoms in total. The molecule has 2 saturated heterocycles. The number of halogens is 2. The van der Waals surface area contributed by atoms with Gasteiger partial charge in [0, 0.05) is 61.4 Å². The van der Waals surface area contributed by atoms with Crippen molar-refractivity contribution in [3.63, 3.8) is 0 Å². The molecule has 1 aromatic carbocycles. The summed E-state index contributed by atoms with van der Waals surface area (Å²) in [7, 11) is 0. The monoisotopic (exact) mass is 557 g/mol. The van der Waals surface area contributed by atoms with E-state index < -0.39 is 0 Å². The number of piperidine rings is 1. The minimum absolute atomic E-state index is 0.00394. The Hall–Kier alpha value is -2.42. The predicted molar refractivity (Wildman–Crippen MR) is 141 cm³/mol. The van der Waals surface area contributed by atoms with Gasteiger partial charge in [-0.1, -0.05) is 29.8 Å². The van der Waals surface area contributed by atoms with Gasteiger partial charge in [0.1, 0.15) is 0 Å². The van der Waals surface area contributed by atoms with E-state index in [1.807, 2.05) is 23.2 Å². The number of nitrogens with two attached hydrogens (primary N) is 1. The molecule has 3 amide bonds. The Morgan fingerprint density at radius 2 is 1.71 bits per heavy atom. The molecular weight excluding hydrogens is 530 g/mol. The van der Waals surface area contributed by atoms with Crippen LogP contribution in [0.25, 0.3) is 12.2 Å². The van der Waals surface area contributed by atoms with Crippen molar-refractivity contribution in [1.82, 2.24) is 19.7 Å². The number of urea groups is 1. The molecule has 2 N–H and O–H groups in total. The molecule has 2 aliphatic heterocycles. The van der Waals surface area contributed by atoms with Gasteiger partial charge in [-0.05, 0) is 69.6 Å². The fourth-order valence-electron chi connectivity index (χ4n) is 5.43. The van der Waals surface area contributed by atoms with Gasteiger partial charge in [-0.15, -0.1) is 0 Å². The van der Waals surface area contributed by atoms with Crippen LogP contribution in [0.15, 0.2) is 34.9 Å². The van der Waals surface area contributed by atoms with E-state index in [9.17, 15) is 9.59 Å². The zero-order chi connectivity index (χ0) is 24.5. The molecule has 0 saturated carbocycles. The highest BCUT2D eigenvalue weighted by molar-refractivity contribution is 9.10. The summed E-state index contributed by atoms with van der Waals surface area (Å²) < 4.78 is 0.945. The second-order valence-corrected chi connectivity index (χ2v) is 10.9. The molecule has 2 fully saturated rings.